The summed E-state index contributed by atoms with van der Waals surface area (Å²) in [7, 11) is 0. The number of amides is 1. The number of carbonyl (C=O) groups excluding carboxylic acids is 1. The molecule has 1 atom stereocenters. The minimum atomic E-state index is 0. The summed E-state index contributed by atoms with van der Waals surface area (Å²) < 4.78 is 1.01. The van der Waals surface area contributed by atoms with Crippen molar-refractivity contribution in [2.24, 2.45) is 0 Å². The molecule has 3 nitrogen and oxygen atoms in total. The van der Waals surface area contributed by atoms with Crippen molar-refractivity contribution in [1.82, 2.24) is 9.38 Å². The molecule has 2 heterocycles. The SMILES string of the molecule is CCCCCCCCCCCC[N+]1(CN2CCCC2=O)CCc2ccccc21.[Cl-]. The average molecular weight is 421 g/mol. The molecule has 0 N–H and O–H groups in total. The van der Waals surface area contributed by atoms with Gasteiger partial charge in [0.2, 0.25) is 5.91 Å². The van der Waals surface area contributed by atoms with E-state index in [9.17, 15) is 4.79 Å². The Bertz CT molecular complexity index is 621. The Hall–Kier alpha value is -1.06. The van der Waals surface area contributed by atoms with Crippen LogP contribution >= 0.6 is 0 Å². The zero-order chi connectivity index (χ0) is 19.7. The van der Waals surface area contributed by atoms with Crippen LogP contribution in [0.4, 0.5) is 5.69 Å². The van der Waals surface area contributed by atoms with Crippen molar-refractivity contribution < 1.29 is 17.2 Å². The summed E-state index contributed by atoms with van der Waals surface area (Å²) in [6, 6.07) is 8.96. The summed E-state index contributed by atoms with van der Waals surface area (Å²) in [5, 5.41) is 0. The van der Waals surface area contributed by atoms with Crippen LogP contribution in [0.5, 0.6) is 0 Å². The van der Waals surface area contributed by atoms with Gasteiger partial charge in [-0.1, -0.05) is 76.5 Å². The molecule has 0 aromatic heterocycles. The maximum atomic E-state index is 12.3. The fraction of sp³-hybridized carbons (Fsp3) is 0.720. The number of nitrogens with zero attached hydrogens (tertiary/aromatic N) is 2. The number of quaternary nitrogens is 1. The predicted molar refractivity (Wildman–Crippen MR) is 119 cm³/mol. The molecule has 1 saturated heterocycles. The molecule has 29 heavy (non-hydrogen) atoms. The second-order valence-electron chi connectivity index (χ2n) is 9.06. The monoisotopic (exact) mass is 420 g/mol. The van der Waals surface area contributed by atoms with Crippen molar-refractivity contribution in [1.29, 1.82) is 0 Å². The second kappa shape index (κ2) is 12.6. The molecule has 3 rings (SSSR count). The summed E-state index contributed by atoms with van der Waals surface area (Å²) in [5.41, 5.74) is 2.99. The molecule has 0 spiro atoms. The minimum Gasteiger partial charge on any atom is -1.00 e. The number of para-hydroxylation sites is 1. The van der Waals surface area contributed by atoms with Gasteiger partial charge in [0.25, 0.3) is 0 Å². The standard InChI is InChI=1S/C25H41N2O.ClH/c1-2-3-4-5-6-7-8-9-10-13-20-27(22-26-19-14-17-25(26)28)21-18-23-15-11-12-16-24(23)27;/h11-12,15-16H,2-10,13-14,17-22H2,1H3;1H/q+1;/p-1. The molecule has 2 aliphatic heterocycles. The van der Waals surface area contributed by atoms with E-state index in [0.717, 1.165) is 37.0 Å². The molecule has 0 bridgehead atoms. The lowest BCUT2D eigenvalue weighted by atomic mass is 10.1. The molecule has 1 fully saturated rings. The molecule has 2 aliphatic rings. The van der Waals surface area contributed by atoms with Crippen LogP contribution < -0.4 is 16.9 Å². The van der Waals surface area contributed by atoms with Gasteiger partial charge >= 0.3 is 0 Å². The van der Waals surface area contributed by atoms with Crippen molar-refractivity contribution in [3.8, 4) is 0 Å². The summed E-state index contributed by atoms with van der Waals surface area (Å²) in [4.78, 5) is 14.4. The van der Waals surface area contributed by atoms with Gasteiger partial charge in [-0.25, -0.2) is 0 Å². The van der Waals surface area contributed by atoms with Crippen molar-refractivity contribution in [2.45, 2.75) is 90.4 Å². The van der Waals surface area contributed by atoms with Gasteiger partial charge < -0.3 is 12.4 Å². The summed E-state index contributed by atoms with van der Waals surface area (Å²) in [6.07, 6.45) is 16.8. The van der Waals surface area contributed by atoms with Crippen molar-refractivity contribution in [3.05, 3.63) is 29.8 Å². The Labute approximate surface area is 184 Å². The number of rotatable bonds is 13. The number of halogens is 1. The predicted octanol–water partition coefficient (Wildman–Crippen LogP) is 3.05. The van der Waals surface area contributed by atoms with E-state index < -0.39 is 0 Å². The third kappa shape index (κ3) is 6.72. The first-order valence-corrected chi connectivity index (χ1v) is 12.0. The Balaban J connectivity index is 0.00000300. The first-order chi connectivity index (χ1) is 13.7. The molecular weight excluding hydrogens is 380 g/mol. The van der Waals surface area contributed by atoms with E-state index in [1.807, 2.05) is 0 Å². The average Bonchev–Trinajstić information content (AvgIpc) is 3.28. The minimum absolute atomic E-state index is 0. The maximum absolute atomic E-state index is 12.3. The first-order valence-electron chi connectivity index (χ1n) is 12.0. The molecular formula is C25H41ClN2O. The largest absolute Gasteiger partial charge is 1.00 e. The number of carbonyl (C=O) groups is 1. The molecule has 1 unspecified atom stereocenters. The highest BCUT2D eigenvalue weighted by Crippen LogP contribution is 2.36. The van der Waals surface area contributed by atoms with E-state index in [4.69, 9.17) is 0 Å². The van der Waals surface area contributed by atoms with E-state index in [1.165, 1.54) is 88.5 Å². The number of hydrogen-bond acceptors (Lipinski definition) is 1. The molecule has 1 aromatic rings. The van der Waals surface area contributed by atoms with Crippen LogP contribution in [-0.4, -0.2) is 37.1 Å². The van der Waals surface area contributed by atoms with Crippen LogP contribution in [0.1, 0.15) is 89.5 Å². The van der Waals surface area contributed by atoms with Gasteiger partial charge in [0.1, 0.15) is 5.69 Å². The summed E-state index contributed by atoms with van der Waals surface area (Å²) >= 11 is 0. The van der Waals surface area contributed by atoms with Crippen LogP contribution in [0.3, 0.4) is 0 Å². The smallest absolute Gasteiger partial charge is 0.226 e. The second-order valence-corrected chi connectivity index (χ2v) is 9.06. The topological polar surface area (TPSA) is 20.3 Å². The van der Waals surface area contributed by atoms with E-state index in [0.29, 0.717) is 5.91 Å². The van der Waals surface area contributed by atoms with Crippen LogP contribution in [0, 0.1) is 0 Å². The van der Waals surface area contributed by atoms with Crippen molar-refractivity contribution >= 4 is 11.6 Å². The Morgan fingerprint density at radius 2 is 1.55 bits per heavy atom. The van der Waals surface area contributed by atoms with E-state index in [-0.39, 0.29) is 12.4 Å². The zero-order valence-electron chi connectivity index (χ0n) is 18.5. The van der Waals surface area contributed by atoms with Crippen LogP contribution in [-0.2, 0) is 11.2 Å². The molecule has 1 aromatic carbocycles. The molecule has 0 radical (unpaired) electrons. The summed E-state index contributed by atoms with van der Waals surface area (Å²) in [5.74, 6) is 0.366. The molecule has 0 saturated carbocycles. The lowest BCUT2D eigenvalue weighted by Crippen LogP contribution is -3.00. The number of fused-ring (bicyclic) bond motifs is 1. The number of likely N-dealkylation sites (tertiary alicyclic amines) is 1. The van der Waals surface area contributed by atoms with E-state index >= 15 is 0 Å². The normalized spacial score (nSPS) is 20.7. The van der Waals surface area contributed by atoms with Crippen LogP contribution in [0.15, 0.2) is 24.3 Å². The fourth-order valence-corrected chi connectivity index (χ4v) is 5.17. The zero-order valence-corrected chi connectivity index (χ0v) is 19.3. The maximum Gasteiger partial charge on any atom is 0.226 e. The highest BCUT2D eigenvalue weighted by Gasteiger charge is 2.40. The Kier molecular flexibility index (Phi) is 10.5. The van der Waals surface area contributed by atoms with Crippen LogP contribution in [0.2, 0.25) is 0 Å². The number of hydrogen-bond donors (Lipinski definition) is 0. The van der Waals surface area contributed by atoms with Gasteiger partial charge in [-0.05, 0) is 25.3 Å². The van der Waals surface area contributed by atoms with Crippen molar-refractivity contribution in [2.75, 3.05) is 26.3 Å². The Morgan fingerprint density at radius 3 is 2.21 bits per heavy atom. The lowest BCUT2D eigenvalue weighted by Gasteiger charge is -2.37. The number of unbranched alkanes of at least 4 members (excludes halogenated alkanes) is 9. The van der Waals surface area contributed by atoms with E-state index in [2.05, 4.69) is 36.1 Å². The highest BCUT2D eigenvalue weighted by molar-refractivity contribution is 5.78. The van der Waals surface area contributed by atoms with Crippen LogP contribution in [0.25, 0.3) is 0 Å². The van der Waals surface area contributed by atoms with Gasteiger partial charge in [0, 0.05) is 24.9 Å². The highest BCUT2D eigenvalue weighted by atomic mass is 35.5. The molecule has 1 amide bonds. The molecule has 0 aliphatic carbocycles. The van der Waals surface area contributed by atoms with Gasteiger partial charge in [0.15, 0.2) is 6.67 Å². The fourth-order valence-electron chi connectivity index (χ4n) is 5.17. The quantitative estimate of drug-likeness (QED) is 0.355. The molecule has 4 heteroatoms. The third-order valence-corrected chi connectivity index (χ3v) is 6.86. The van der Waals surface area contributed by atoms with Gasteiger partial charge in [-0.15, -0.1) is 0 Å². The third-order valence-electron chi connectivity index (χ3n) is 6.86. The van der Waals surface area contributed by atoms with Gasteiger partial charge in [-0.2, -0.15) is 0 Å². The van der Waals surface area contributed by atoms with Gasteiger partial charge in [-0.3, -0.25) is 14.2 Å². The van der Waals surface area contributed by atoms with E-state index in [1.54, 1.807) is 0 Å². The number of benzene rings is 1. The van der Waals surface area contributed by atoms with Gasteiger partial charge in [0.05, 0.1) is 13.1 Å². The first kappa shape index (κ1) is 24.2. The molecule has 164 valence electrons. The summed E-state index contributed by atoms with van der Waals surface area (Å²) in [6.45, 7) is 6.50. The lowest BCUT2D eigenvalue weighted by molar-refractivity contribution is -0.129. The Morgan fingerprint density at radius 1 is 0.897 bits per heavy atom. The van der Waals surface area contributed by atoms with Crippen molar-refractivity contribution in [3.63, 3.8) is 0 Å².